The van der Waals surface area contributed by atoms with Crippen LogP contribution in [0.2, 0.25) is 0 Å². The molecule has 1 atom stereocenters. The maximum absolute atomic E-state index is 13.8. The van der Waals surface area contributed by atoms with Gasteiger partial charge in [-0.2, -0.15) is 0 Å². The molecule has 2 amide bonds. The zero-order valence-corrected chi connectivity index (χ0v) is 11.0. The van der Waals surface area contributed by atoms with E-state index in [1.165, 1.54) is 28.0 Å². The summed E-state index contributed by atoms with van der Waals surface area (Å²) in [7, 11) is 0. The first-order valence-electron chi connectivity index (χ1n) is 6.42. The predicted molar refractivity (Wildman–Crippen MR) is 69.8 cm³/mol. The van der Waals surface area contributed by atoms with Gasteiger partial charge in [0, 0.05) is 0 Å². The highest BCUT2D eigenvalue weighted by molar-refractivity contribution is 5.93. The Balaban J connectivity index is 1.91. The van der Waals surface area contributed by atoms with Crippen LogP contribution in [0.4, 0.5) is 25.4 Å². The lowest BCUT2D eigenvalue weighted by molar-refractivity contribution is 0.0963. The fourth-order valence-corrected chi connectivity index (χ4v) is 2.33. The number of nitrogens with zero attached hydrogens (tertiary/aromatic N) is 2. The standard InChI is InChI=1S/C13H13FN2O5/c14-8-3-9(15-1-2-20-12(15)18)5-10(4-8)16-6-11(7-17)21-13(16)19/h3-5,11,17H,1-2,6-7H2. The number of cyclic esters (lactones) is 2. The first-order chi connectivity index (χ1) is 10.1. The van der Waals surface area contributed by atoms with E-state index in [4.69, 9.17) is 14.6 Å². The van der Waals surface area contributed by atoms with E-state index in [0.717, 1.165) is 0 Å². The van der Waals surface area contributed by atoms with Gasteiger partial charge in [0.25, 0.3) is 0 Å². The van der Waals surface area contributed by atoms with Gasteiger partial charge < -0.3 is 14.6 Å². The molecule has 2 saturated heterocycles. The zero-order valence-electron chi connectivity index (χ0n) is 11.0. The molecule has 1 N–H and O–H groups in total. The minimum Gasteiger partial charge on any atom is -0.447 e. The molecule has 0 bridgehead atoms. The Morgan fingerprint density at radius 2 is 1.90 bits per heavy atom. The van der Waals surface area contributed by atoms with Gasteiger partial charge in [-0.05, 0) is 18.2 Å². The Morgan fingerprint density at radius 3 is 2.48 bits per heavy atom. The lowest BCUT2D eigenvalue weighted by atomic mass is 10.2. The van der Waals surface area contributed by atoms with Crippen molar-refractivity contribution in [2.45, 2.75) is 6.10 Å². The summed E-state index contributed by atoms with van der Waals surface area (Å²) < 4.78 is 23.5. The van der Waals surface area contributed by atoms with E-state index >= 15 is 0 Å². The number of hydrogen-bond donors (Lipinski definition) is 1. The van der Waals surface area contributed by atoms with Crippen molar-refractivity contribution in [3.05, 3.63) is 24.0 Å². The Morgan fingerprint density at radius 1 is 1.19 bits per heavy atom. The molecule has 0 radical (unpaired) electrons. The summed E-state index contributed by atoms with van der Waals surface area (Å²) in [6.07, 6.45) is -1.85. The van der Waals surface area contributed by atoms with E-state index in [0.29, 0.717) is 12.2 Å². The minimum atomic E-state index is -0.658. The fourth-order valence-electron chi connectivity index (χ4n) is 2.33. The molecule has 1 aromatic rings. The number of amides is 2. The molecule has 0 saturated carbocycles. The molecule has 0 spiro atoms. The van der Waals surface area contributed by atoms with E-state index < -0.39 is 24.1 Å². The van der Waals surface area contributed by atoms with Crippen molar-refractivity contribution in [3.63, 3.8) is 0 Å². The van der Waals surface area contributed by atoms with Crippen molar-refractivity contribution in [2.24, 2.45) is 0 Å². The average molecular weight is 296 g/mol. The number of hydrogen-bond acceptors (Lipinski definition) is 5. The van der Waals surface area contributed by atoms with Crippen molar-refractivity contribution in [3.8, 4) is 0 Å². The van der Waals surface area contributed by atoms with Crippen LogP contribution in [-0.2, 0) is 9.47 Å². The third-order valence-corrected chi connectivity index (χ3v) is 3.33. The van der Waals surface area contributed by atoms with Gasteiger partial charge in [0.2, 0.25) is 0 Å². The van der Waals surface area contributed by atoms with Gasteiger partial charge >= 0.3 is 12.2 Å². The van der Waals surface area contributed by atoms with Crippen LogP contribution in [0.15, 0.2) is 18.2 Å². The zero-order chi connectivity index (χ0) is 15.0. The van der Waals surface area contributed by atoms with E-state index in [1.54, 1.807) is 0 Å². The summed E-state index contributed by atoms with van der Waals surface area (Å²) in [5.41, 5.74) is 0.582. The van der Waals surface area contributed by atoms with Crippen molar-refractivity contribution in [1.29, 1.82) is 0 Å². The number of benzene rings is 1. The van der Waals surface area contributed by atoms with Gasteiger partial charge in [-0.25, -0.2) is 14.0 Å². The number of aliphatic hydroxyl groups excluding tert-OH is 1. The predicted octanol–water partition coefficient (Wildman–Crippen LogP) is 1.10. The van der Waals surface area contributed by atoms with E-state index in [-0.39, 0.29) is 25.4 Å². The molecular formula is C13H13FN2O5. The number of ether oxygens (including phenoxy) is 2. The molecule has 2 fully saturated rings. The maximum atomic E-state index is 13.8. The smallest absolute Gasteiger partial charge is 0.414 e. The second kappa shape index (κ2) is 5.21. The van der Waals surface area contributed by atoms with Crippen molar-refractivity contribution in [2.75, 3.05) is 36.1 Å². The van der Waals surface area contributed by atoms with Crippen LogP contribution in [0.1, 0.15) is 0 Å². The van der Waals surface area contributed by atoms with Gasteiger partial charge in [-0.15, -0.1) is 0 Å². The Kier molecular flexibility index (Phi) is 3.38. The van der Waals surface area contributed by atoms with Crippen molar-refractivity contribution < 1.29 is 28.6 Å². The molecule has 0 aliphatic carbocycles. The van der Waals surface area contributed by atoms with Crippen LogP contribution in [0.3, 0.4) is 0 Å². The van der Waals surface area contributed by atoms with Crippen molar-refractivity contribution in [1.82, 2.24) is 0 Å². The maximum Gasteiger partial charge on any atom is 0.414 e. The van der Waals surface area contributed by atoms with Gasteiger partial charge in [0.1, 0.15) is 18.5 Å². The van der Waals surface area contributed by atoms with Crippen LogP contribution in [0.5, 0.6) is 0 Å². The first-order valence-corrected chi connectivity index (χ1v) is 6.42. The molecule has 1 aromatic carbocycles. The largest absolute Gasteiger partial charge is 0.447 e. The summed E-state index contributed by atoms with van der Waals surface area (Å²) in [4.78, 5) is 25.7. The van der Waals surface area contributed by atoms with Crippen LogP contribution < -0.4 is 9.80 Å². The molecule has 2 aliphatic rings. The molecule has 2 heterocycles. The number of anilines is 2. The number of carbonyl (C=O) groups excluding carboxylic acids is 2. The van der Waals surface area contributed by atoms with Crippen LogP contribution in [-0.4, -0.2) is 49.7 Å². The minimum absolute atomic E-state index is 0.128. The summed E-state index contributed by atoms with van der Waals surface area (Å²) in [5.74, 6) is -0.581. The summed E-state index contributed by atoms with van der Waals surface area (Å²) in [6, 6.07) is 3.88. The Bertz CT molecular complexity index is 594. The molecule has 3 rings (SSSR count). The fraction of sp³-hybridized carbons (Fsp3) is 0.385. The summed E-state index contributed by atoms with van der Waals surface area (Å²) in [6.45, 7) is 0.389. The first kappa shape index (κ1) is 13.6. The van der Waals surface area contributed by atoms with Gasteiger partial charge in [-0.1, -0.05) is 0 Å². The monoisotopic (exact) mass is 296 g/mol. The summed E-state index contributed by atoms with van der Waals surface area (Å²) in [5, 5.41) is 9.02. The molecule has 1 unspecified atom stereocenters. The molecule has 21 heavy (non-hydrogen) atoms. The van der Waals surface area contributed by atoms with E-state index in [2.05, 4.69) is 0 Å². The lowest BCUT2D eigenvalue weighted by Gasteiger charge is -2.18. The third kappa shape index (κ3) is 2.49. The topological polar surface area (TPSA) is 79.3 Å². The highest BCUT2D eigenvalue weighted by Crippen LogP contribution is 2.29. The number of rotatable bonds is 3. The Hall–Kier alpha value is -2.35. The van der Waals surface area contributed by atoms with Crippen LogP contribution in [0.25, 0.3) is 0 Å². The van der Waals surface area contributed by atoms with Gasteiger partial charge in [0.15, 0.2) is 0 Å². The highest BCUT2D eigenvalue weighted by Gasteiger charge is 2.33. The molecule has 8 heteroatoms. The molecule has 0 aromatic heterocycles. The lowest BCUT2D eigenvalue weighted by Crippen LogP contribution is -2.27. The summed E-state index contributed by atoms with van der Waals surface area (Å²) >= 11 is 0. The normalized spacial score (nSPS) is 21.7. The molecule has 112 valence electrons. The second-order valence-electron chi connectivity index (χ2n) is 4.73. The SMILES string of the molecule is O=C1OCCN1c1cc(F)cc(N2CC(CO)OC2=O)c1. The number of halogens is 1. The highest BCUT2D eigenvalue weighted by atomic mass is 19.1. The van der Waals surface area contributed by atoms with Crippen molar-refractivity contribution >= 4 is 23.6 Å². The quantitative estimate of drug-likeness (QED) is 0.903. The van der Waals surface area contributed by atoms with Gasteiger partial charge in [-0.3, -0.25) is 9.80 Å². The van der Waals surface area contributed by atoms with E-state index in [9.17, 15) is 14.0 Å². The van der Waals surface area contributed by atoms with Gasteiger partial charge in [0.05, 0.1) is 31.1 Å². The number of aliphatic hydroxyl groups is 1. The third-order valence-electron chi connectivity index (χ3n) is 3.33. The molecular weight excluding hydrogens is 283 g/mol. The van der Waals surface area contributed by atoms with E-state index in [1.807, 2.05) is 0 Å². The average Bonchev–Trinajstić information content (AvgIpc) is 3.04. The second-order valence-corrected chi connectivity index (χ2v) is 4.73. The number of carbonyl (C=O) groups is 2. The molecule has 2 aliphatic heterocycles. The molecule has 7 nitrogen and oxygen atoms in total. The Labute approximate surface area is 119 Å². The van der Waals surface area contributed by atoms with Crippen LogP contribution >= 0.6 is 0 Å². The van der Waals surface area contributed by atoms with Crippen LogP contribution in [0, 0.1) is 5.82 Å².